The summed E-state index contributed by atoms with van der Waals surface area (Å²) in [5.41, 5.74) is 7.48. The molecule has 5 nitrogen and oxygen atoms in total. The van der Waals surface area contributed by atoms with Crippen molar-refractivity contribution in [3.8, 4) is 0 Å². The minimum absolute atomic E-state index is 0.0441. The first-order chi connectivity index (χ1) is 9.63. The highest BCUT2D eigenvalue weighted by atomic mass is 79.9. The molecule has 0 saturated carbocycles. The molecule has 0 atom stereocenters. The number of hydrogen-bond donors (Lipinski definition) is 1. The second-order valence-electron chi connectivity index (χ2n) is 5.28. The number of halogens is 1. The second kappa shape index (κ2) is 5.54. The van der Waals surface area contributed by atoms with Crippen LogP contribution in [0.2, 0.25) is 0 Å². The normalized spacial score (nSPS) is 17.6. The fourth-order valence-electron chi connectivity index (χ4n) is 2.73. The second-order valence-corrected chi connectivity index (χ2v) is 6.19. The molecule has 1 aliphatic heterocycles. The Morgan fingerprint density at radius 2 is 2.15 bits per heavy atom. The first-order valence-electron chi connectivity index (χ1n) is 6.76. The van der Waals surface area contributed by atoms with Gasteiger partial charge < -0.3 is 10.1 Å². The number of amides is 1. The number of primary amides is 1. The number of carbonyl (C=O) groups is 1. The molecule has 0 aromatic carbocycles. The van der Waals surface area contributed by atoms with Gasteiger partial charge in [-0.3, -0.25) is 9.69 Å². The average molecular weight is 337 g/mol. The fraction of sp³-hybridized carbons (Fsp3) is 0.429. The van der Waals surface area contributed by atoms with Crippen LogP contribution in [0.1, 0.15) is 18.5 Å². The number of fused-ring (bicyclic) bond motifs is 1. The van der Waals surface area contributed by atoms with Crippen LogP contribution in [-0.4, -0.2) is 33.3 Å². The van der Waals surface area contributed by atoms with E-state index in [-0.39, 0.29) is 11.8 Å². The van der Waals surface area contributed by atoms with Gasteiger partial charge in [0.05, 0.1) is 11.9 Å². The first-order valence-corrected chi connectivity index (χ1v) is 7.56. The Bertz CT molecular complexity index is 631. The van der Waals surface area contributed by atoms with E-state index in [2.05, 4.69) is 30.2 Å². The Balaban J connectivity index is 1.71. The standard InChI is InChI=1S/C14H17BrN4O/c15-11-1-2-13-17-7-12(19(13)8-11)9-18-5-3-10(4-6-18)14(16)20/h1-2,7-8,10H,3-6,9H2,(H2,16,20). The Morgan fingerprint density at radius 1 is 1.40 bits per heavy atom. The molecular formula is C14H17BrN4O. The number of carbonyl (C=O) groups excluding carboxylic acids is 1. The summed E-state index contributed by atoms with van der Waals surface area (Å²) in [5.74, 6) is -0.119. The topological polar surface area (TPSA) is 63.6 Å². The molecule has 0 spiro atoms. The Hall–Kier alpha value is -1.40. The van der Waals surface area contributed by atoms with E-state index in [0.717, 1.165) is 42.6 Å². The van der Waals surface area contributed by atoms with E-state index in [1.54, 1.807) is 0 Å². The number of likely N-dealkylation sites (tertiary alicyclic amines) is 1. The van der Waals surface area contributed by atoms with Gasteiger partial charge in [0.2, 0.25) is 5.91 Å². The van der Waals surface area contributed by atoms with E-state index in [4.69, 9.17) is 5.73 Å². The fourth-order valence-corrected chi connectivity index (χ4v) is 3.06. The Kier molecular flexibility index (Phi) is 3.76. The van der Waals surface area contributed by atoms with Crippen LogP contribution < -0.4 is 5.73 Å². The SMILES string of the molecule is NC(=O)C1CCN(Cc2cnc3ccc(Br)cn23)CC1. The lowest BCUT2D eigenvalue weighted by molar-refractivity contribution is -0.123. The van der Waals surface area contributed by atoms with Gasteiger partial charge >= 0.3 is 0 Å². The van der Waals surface area contributed by atoms with Gasteiger partial charge in [-0.05, 0) is 54.0 Å². The third-order valence-corrected chi connectivity index (χ3v) is 4.39. The molecule has 20 heavy (non-hydrogen) atoms. The van der Waals surface area contributed by atoms with Crippen molar-refractivity contribution in [2.24, 2.45) is 11.7 Å². The number of nitrogens with two attached hydrogens (primary N) is 1. The molecule has 1 fully saturated rings. The minimum atomic E-state index is -0.164. The minimum Gasteiger partial charge on any atom is -0.369 e. The van der Waals surface area contributed by atoms with Gasteiger partial charge in [0.1, 0.15) is 5.65 Å². The number of hydrogen-bond acceptors (Lipinski definition) is 3. The summed E-state index contributed by atoms with van der Waals surface area (Å²) in [6.07, 6.45) is 5.67. The van der Waals surface area contributed by atoms with Crippen LogP contribution in [0.5, 0.6) is 0 Å². The van der Waals surface area contributed by atoms with E-state index in [1.807, 2.05) is 24.5 Å². The Morgan fingerprint density at radius 3 is 2.85 bits per heavy atom. The largest absolute Gasteiger partial charge is 0.369 e. The number of imidazole rings is 1. The van der Waals surface area contributed by atoms with E-state index in [1.165, 1.54) is 5.69 Å². The molecule has 6 heteroatoms. The lowest BCUT2D eigenvalue weighted by atomic mass is 9.96. The van der Waals surface area contributed by atoms with Gasteiger partial charge in [-0.2, -0.15) is 0 Å². The molecule has 3 rings (SSSR count). The third-order valence-electron chi connectivity index (χ3n) is 3.92. The van der Waals surface area contributed by atoms with Crippen LogP contribution >= 0.6 is 15.9 Å². The first kappa shape index (κ1) is 13.6. The van der Waals surface area contributed by atoms with Crippen LogP contribution in [0, 0.1) is 5.92 Å². The molecule has 0 radical (unpaired) electrons. The van der Waals surface area contributed by atoms with Crippen LogP contribution in [0.25, 0.3) is 5.65 Å². The molecule has 1 saturated heterocycles. The van der Waals surface area contributed by atoms with Gasteiger partial charge in [0.25, 0.3) is 0 Å². The molecule has 0 unspecified atom stereocenters. The quantitative estimate of drug-likeness (QED) is 0.929. The van der Waals surface area contributed by atoms with E-state index in [9.17, 15) is 4.79 Å². The zero-order valence-electron chi connectivity index (χ0n) is 11.1. The maximum atomic E-state index is 11.2. The maximum Gasteiger partial charge on any atom is 0.220 e. The average Bonchev–Trinajstić information content (AvgIpc) is 2.82. The lowest BCUT2D eigenvalue weighted by Crippen LogP contribution is -2.38. The summed E-state index contributed by atoms with van der Waals surface area (Å²) in [6, 6.07) is 3.98. The number of aromatic nitrogens is 2. The molecule has 1 aliphatic rings. The van der Waals surface area contributed by atoms with Crippen molar-refractivity contribution >= 4 is 27.5 Å². The zero-order chi connectivity index (χ0) is 14.1. The number of piperidine rings is 1. The van der Waals surface area contributed by atoms with Gasteiger partial charge in [0.15, 0.2) is 0 Å². The summed E-state index contributed by atoms with van der Waals surface area (Å²) in [7, 11) is 0. The van der Waals surface area contributed by atoms with E-state index >= 15 is 0 Å². The summed E-state index contributed by atoms with van der Waals surface area (Å²) in [5, 5.41) is 0. The predicted octanol–water partition coefficient (Wildman–Crippen LogP) is 1.79. The highest BCUT2D eigenvalue weighted by Gasteiger charge is 2.23. The highest BCUT2D eigenvalue weighted by molar-refractivity contribution is 9.10. The van der Waals surface area contributed by atoms with E-state index < -0.39 is 0 Å². The van der Waals surface area contributed by atoms with Gasteiger partial charge in [-0.25, -0.2) is 4.98 Å². The van der Waals surface area contributed by atoms with Crippen LogP contribution in [0.15, 0.2) is 29.0 Å². The van der Waals surface area contributed by atoms with Crippen molar-refractivity contribution in [1.29, 1.82) is 0 Å². The molecule has 0 bridgehead atoms. The Labute approximate surface area is 125 Å². The molecule has 2 N–H and O–H groups in total. The van der Waals surface area contributed by atoms with Crippen molar-refractivity contribution in [1.82, 2.24) is 14.3 Å². The van der Waals surface area contributed by atoms with Crippen LogP contribution in [0.4, 0.5) is 0 Å². The lowest BCUT2D eigenvalue weighted by Gasteiger charge is -2.30. The summed E-state index contributed by atoms with van der Waals surface area (Å²) < 4.78 is 3.14. The van der Waals surface area contributed by atoms with Crippen molar-refractivity contribution in [2.75, 3.05) is 13.1 Å². The predicted molar refractivity (Wildman–Crippen MR) is 80.1 cm³/mol. The molecule has 3 heterocycles. The number of nitrogens with zero attached hydrogens (tertiary/aromatic N) is 3. The smallest absolute Gasteiger partial charge is 0.220 e. The third kappa shape index (κ3) is 2.71. The van der Waals surface area contributed by atoms with Gasteiger partial charge in [-0.15, -0.1) is 0 Å². The van der Waals surface area contributed by atoms with E-state index in [0.29, 0.717) is 0 Å². The molecular weight excluding hydrogens is 320 g/mol. The van der Waals surface area contributed by atoms with Crippen molar-refractivity contribution < 1.29 is 4.79 Å². The molecule has 106 valence electrons. The summed E-state index contributed by atoms with van der Waals surface area (Å²) in [6.45, 7) is 2.67. The van der Waals surface area contributed by atoms with Crippen molar-refractivity contribution in [3.05, 3.63) is 34.7 Å². The van der Waals surface area contributed by atoms with Gasteiger partial charge in [-0.1, -0.05) is 0 Å². The van der Waals surface area contributed by atoms with Crippen molar-refractivity contribution in [3.63, 3.8) is 0 Å². The number of rotatable bonds is 3. The van der Waals surface area contributed by atoms with Crippen LogP contribution in [-0.2, 0) is 11.3 Å². The summed E-state index contributed by atoms with van der Waals surface area (Å²) >= 11 is 3.49. The molecule has 0 aliphatic carbocycles. The summed E-state index contributed by atoms with van der Waals surface area (Å²) in [4.78, 5) is 17.9. The molecule has 2 aromatic rings. The number of pyridine rings is 1. The molecule has 2 aromatic heterocycles. The van der Waals surface area contributed by atoms with Crippen LogP contribution in [0.3, 0.4) is 0 Å². The van der Waals surface area contributed by atoms with Gasteiger partial charge in [0, 0.05) is 23.1 Å². The van der Waals surface area contributed by atoms with Crippen molar-refractivity contribution in [2.45, 2.75) is 19.4 Å². The highest BCUT2D eigenvalue weighted by Crippen LogP contribution is 2.20. The molecule has 1 amide bonds. The zero-order valence-corrected chi connectivity index (χ0v) is 12.7. The maximum absolute atomic E-state index is 11.2. The monoisotopic (exact) mass is 336 g/mol.